The molecule has 1 aliphatic carbocycles. The number of rotatable bonds is 11. The van der Waals surface area contributed by atoms with Crippen molar-refractivity contribution in [1.82, 2.24) is 5.32 Å². The average molecular weight is 523 g/mol. The summed E-state index contributed by atoms with van der Waals surface area (Å²) in [6, 6.07) is 12.6. The monoisotopic (exact) mass is 522 g/mol. The maximum Gasteiger partial charge on any atom is 0.294 e. The van der Waals surface area contributed by atoms with Gasteiger partial charge in [-0.15, -0.1) is 0 Å². The lowest BCUT2D eigenvalue weighted by atomic mass is 10.0. The summed E-state index contributed by atoms with van der Waals surface area (Å²) in [6.45, 7) is 2.33. The fraction of sp³-hybridized carbons (Fsp3) is 0.379. The zero-order chi connectivity index (χ0) is 27.1. The van der Waals surface area contributed by atoms with Gasteiger partial charge in [0.1, 0.15) is 11.8 Å². The molecule has 2 amide bonds. The van der Waals surface area contributed by atoms with Crippen molar-refractivity contribution in [2.75, 3.05) is 32.8 Å². The minimum absolute atomic E-state index is 0.0300. The van der Waals surface area contributed by atoms with Crippen LogP contribution in [0, 0.1) is 0 Å². The van der Waals surface area contributed by atoms with Crippen LogP contribution in [0.3, 0.4) is 0 Å². The first-order chi connectivity index (χ1) is 18.5. The lowest BCUT2D eigenvalue weighted by Crippen LogP contribution is -2.46. The average Bonchev–Trinajstić information content (AvgIpc) is 3.65. The molecular weight excluding hydrogens is 488 g/mol. The molecule has 1 N–H and O–H groups in total. The zero-order valence-electron chi connectivity index (χ0n) is 22.2. The van der Waals surface area contributed by atoms with Crippen molar-refractivity contribution in [3.8, 4) is 23.0 Å². The lowest BCUT2D eigenvalue weighted by molar-refractivity contribution is -0.123. The van der Waals surface area contributed by atoms with Gasteiger partial charge >= 0.3 is 0 Å². The Morgan fingerprint density at radius 1 is 1.00 bits per heavy atom. The molecule has 38 heavy (non-hydrogen) atoms. The Bertz CT molecular complexity index is 1210. The van der Waals surface area contributed by atoms with Gasteiger partial charge in [0.15, 0.2) is 17.3 Å². The Balaban J connectivity index is 1.91. The summed E-state index contributed by atoms with van der Waals surface area (Å²) in [5.74, 6) is 0.982. The first-order valence-corrected chi connectivity index (χ1v) is 12.7. The summed E-state index contributed by atoms with van der Waals surface area (Å²) in [5, 5.41) is 3.16. The van der Waals surface area contributed by atoms with Crippen LogP contribution in [0.1, 0.15) is 54.8 Å². The fourth-order valence-corrected chi connectivity index (χ4v) is 4.82. The van der Waals surface area contributed by atoms with E-state index < -0.39 is 11.9 Å². The molecule has 1 atom stereocenters. The van der Waals surface area contributed by atoms with Crippen molar-refractivity contribution < 1.29 is 33.0 Å². The number of nitrogens with zero attached hydrogens (tertiary/aromatic N) is 1. The third kappa shape index (κ3) is 5.72. The highest BCUT2D eigenvalue weighted by Gasteiger charge is 2.37. The van der Waals surface area contributed by atoms with Crippen LogP contribution in [-0.4, -0.2) is 45.8 Å². The van der Waals surface area contributed by atoms with Gasteiger partial charge in [-0.05, 0) is 61.7 Å². The quantitative estimate of drug-likeness (QED) is 0.372. The van der Waals surface area contributed by atoms with Crippen LogP contribution < -0.4 is 29.2 Å². The predicted molar refractivity (Wildman–Crippen MR) is 142 cm³/mol. The highest BCUT2D eigenvalue weighted by molar-refractivity contribution is 6.08. The van der Waals surface area contributed by atoms with E-state index in [-0.39, 0.29) is 17.7 Å². The molecule has 1 aromatic heterocycles. The number of hydrogen-bond acceptors (Lipinski definition) is 7. The molecule has 4 rings (SSSR count). The molecule has 0 aliphatic heterocycles. The van der Waals surface area contributed by atoms with E-state index in [1.165, 1.54) is 32.5 Å². The molecule has 1 fully saturated rings. The van der Waals surface area contributed by atoms with Gasteiger partial charge in [0.2, 0.25) is 11.7 Å². The molecule has 0 radical (unpaired) electrons. The number of anilines is 1. The lowest BCUT2D eigenvalue weighted by Gasteiger charge is -2.32. The van der Waals surface area contributed by atoms with E-state index in [0.717, 1.165) is 25.7 Å². The van der Waals surface area contributed by atoms with Crippen LogP contribution in [0.25, 0.3) is 0 Å². The van der Waals surface area contributed by atoms with Gasteiger partial charge < -0.3 is 28.7 Å². The van der Waals surface area contributed by atoms with Crippen molar-refractivity contribution in [2.45, 2.75) is 44.7 Å². The maximum absolute atomic E-state index is 14.1. The fourth-order valence-electron chi connectivity index (χ4n) is 4.82. The number of carbonyl (C=O) groups is 2. The Morgan fingerprint density at radius 3 is 2.29 bits per heavy atom. The number of methoxy groups -OCH3 is 3. The summed E-state index contributed by atoms with van der Waals surface area (Å²) in [4.78, 5) is 29.5. The Morgan fingerprint density at radius 2 is 1.71 bits per heavy atom. The van der Waals surface area contributed by atoms with E-state index in [2.05, 4.69) is 5.32 Å². The molecule has 1 saturated carbocycles. The van der Waals surface area contributed by atoms with Gasteiger partial charge in [-0.2, -0.15) is 0 Å². The predicted octanol–water partition coefficient (Wildman–Crippen LogP) is 5.15. The molecule has 2 aromatic carbocycles. The van der Waals surface area contributed by atoms with Crippen molar-refractivity contribution in [3.05, 3.63) is 66.1 Å². The minimum Gasteiger partial charge on any atom is -0.494 e. The van der Waals surface area contributed by atoms with E-state index in [0.29, 0.717) is 40.9 Å². The number of furan rings is 1. The standard InChI is InChI=1S/C29H34N2O7/c1-5-37-22-13-8-12-21(18-22)31(29(33)23-14-9-15-38-23)26(28(32)30-20-10-6-7-11-20)19-16-24(34-2)27(36-4)25(17-19)35-3/h8-9,12-18,20,26H,5-7,10-11H2,1-4H3,(H,30,32)/t26-/m1/s1. The summed E-state index contributed by atoms with van der Waals surface area (Å²) in [6.07, 6.45) is 5.30. The zero-order valence-corrected chi connectivity index (χ0v) is 22.2. The SMILES string of the molecule is CCOc1cccc(N(C(=O)c2ccco2)[C@@H](C(=O)NC2CCCC2)c2cc(OC)c(OC)c(OC)c2)c1. The van der Waals surface area contributed by atoms with Crippen molar-refractivity contribution in [3.63, 3.8) is 0 Å². The molecule has 0 spiro atoms. The molecule has 1 aliphatic rings. The van der Waals surface area contributed by atoms with E-state index in [1.54, 1.807) is 48.5 Å². The van der Waals surface area contributed by atoms with Crippen LogP contribution in [0.2, 0.25) is 0 Å². The highest BCUT2D eigenvalue weighted by atomic mass is 16.5. The van der Waals surface area contributed by atoms with Crippen molar-refractivity contribution in [1.29, 1.82) is 0 Å². The number of carbonyl (C=O) groups excluding carboxylic acids is 2. The summed E-state index contributed by atoms with van der Waals surface area (Å²) >= 11 is 0. The third-order valence-electron chi connectivity index (χ3n) is 6.57. The molecule has 0 bridgehead atoms. The molecule has 1 heterocycles. The number of ether oxygens (including phenoxy) is 4. The maximum atomic E-state index is 14.1. The van der Waals surface area contributed by atoms with Crippen molar-refractivity contribution >= 4 is 17.5 Å². The smallest absolute Gasteiger partial charge is 0.294 e. The van der Waals surface area contributed by atoms with Gasteiger partial charge in [-0.25, -0.2) is 0 Å². The topological polar surface area (TPSA) is 99.5 Å². The second kappa shape index (κ2) is 12.4. The molecular formula is C29H34N2O7. The minimum atomic E-state index is -1.08. The number of nitrogens with one attached hydrogen (secondary N) is 1. The molecule has 0 saturated heterocycles. The number of hydrogen-bond donors (Lipinski definition) is 1. The van der Waals surface area contributed by atoms with Crippen LogP contribution in [-0.2, 0) is 4.79 Å². The van der Waals surface area contributed by atoms with E-state index in [9.17, 15) is 9.59 Å². The first-order valence-electron chi connectivity index (χ1n) is 12.7. The molecule has 9 heteroatoms. The van der Waals surface area contributed by atoms with Crippen LogP contribution in [0.15, 0.2) is 59.2 Å². The van der Waals surface area contributed by atoms with Crippen molar-refractivity contribution in [2.24, 2.45) is 0 Å². The summed E-state index contributed by atoms with van der Waals surface area (Å²) in [7, 11) is 4.52. The van der Waals surface area contributed by atoms with E-state index in [4.69, 9.17) is 23.4 Å². The normalized spacial score (nSPS) is 14.0. The van der Waals surface area contributed by atoms with Gasteiger partial charge in [0.05, 0.1) is 34.2 Å². The van der Waals surface area contributed by atoms with Crippen LogP contribution in [0.5, 0.6) is 23.0 Å². The second-order valence-electron chi connectivity index (χ2n) is 8.93. The molecule has 0 unspecified atom stereocenters. The molecule has 202 valence electrons. The summed E-state index contributed by atoms with van der Waals surface area (Å²) in [5.41, 5.74) is 0.953. The Labute approximate surface area is 222 Å². The first kappa shape index (κ1) is 26.9. The highest BCUT2D eigenvalue weighted by Crippen LogP contribution is 2.42. The second-order valence-corrected chi connectivity index (χ2v) is 8.93. The van der Waals surface area contributed by atoms with Gasteiger partial charge in [-0.3, -0.25) is 14.5 Å². The molecule has 9 nitrogen and oxygen atoms in total. The van der Waals surface area contributed by atoms with Crippen LogP contribution >= 0.6 is 0 Å². The van der Waals surface area contributed by atoms with E-state index >= 15 is 0 Å². The van der Waals surface area contributed by atoms with E-state index in [1.807, 2.05) is 6.92 Å². The van der Waals surface area contributed by atoms with Gasteiger partial charge in [-0.1, -0.05) is 18.9 Å². The summed E-state index contributed by atoms with van der Waals surface area (Å²) < 4.78 is 27.8. The van der Waals surface area contributed by atoms with Crippen LogP contribution in [0.4, 0.5) is 5.69 Å². The van der Waals surface area contributed by atoms with Gasteiger partial charge in [0, 0.05) is 17.8 Å². The number of amides is 2. The molecule has 3 aromatic rings. The Kier molecular flexibility index (Phi) is 8.78. The largest absolute Gasteiger partial charge is 0.494 e. The third-order valence-corrected chi connectivity index (χ3v) is 6.57. The van der Waals surface area contributed by atoms with Gasteiger partial charge in [0.25, 0.3) is 5.91 Å². The Hall–Kier alpha value is -4.14. The number of benzene rings is 2.